The van der Waals surface area contributed by atoms with Gasteiger partial charge in [0, 0.05) is 17.9 Å². The van der Waals surface area contributed by atoms with E-state index in [-0.39, 0.29) is 34.4 Å². The second-order valence-electron chi connectivity index (χ2n) is 5.49. The van der Waals surface area contributed by atoms with Crippen LogP contribution in [0.1, 0.15) is 27.6 Å². The minimum atomic E-state index is -1.40. The van der Waals surface area contributed by atoms with Crippen LogP contribution in [0.2, 0.25) is 5.02 Å². The number of halogens is 2. The van der Waals surface area contributed by atoms with Gasteiger partial charge in [-0.3, -0.25) is 4.79 Å². The van der Waals surface area contributed by atoms with Crippen LogP contribution in [0.25, 0.3) is 0 Å². The van der Waals surface area contributed by atoms with Gasteiger partial charge in [0.2, 0.25) is 0 Å². The average Bonchev–Trinajstić information content (AvgIpc) is 2.64. The third kappa shape index (κ3) is 5.34. The van der Waals surface area contributed by atoms with Gasteiger partial charge in [0.1, 0.15) is 12.4 Å². The lowest BCUT2D eigenvalue weighted by Crippen LogP contribution is -2.14. The molecule has 0 aliphatic heterocycles. The molecule has 0 fully saturated rings. The van der Waals surface area contributed by atoms with Gasteiger partial charge >= 0.3 is 5.97 Å². The Morgan fingerprint density at radius 1 is 1.21 bits per heavy atom. The topological polar surface area (TPSA) is 94.1 Å². The van der Waals surface area contributed by atoms with Crippen LogP contribution in [0.15, 0.2) is 30.3 Å². The predicted octanol–water partition coefficient (Wildman–Crippen LogP) is 3.85. The lowest BCUT2D eigenvalue weighted by atomic mass is 10.1. The molecular weight excluding hydrogens is 393 g/mol. The maximum atomic E-state index is 13.8. The van der Waals surface area contributed by atoms with Crippen molar-refractivity contribution in [2.24, 2.45) is 0 Å². The predicted molar refractivity (Wildman–Crippen MR) is 101 cm³/mol. The fourth-order valence-electron chi connectivity index (χ4n) is 2.33. The average molecular weight is 412 g/mol. The van der Waals surface area contributed by atoms with E-state index in [1.165, 1.54) is 25.3 Å². The molecule has 0 saturated carbocycles. The highest BCUT2D eigenvalue weighted by molar-refractivity contribution is 6.32. The van der Waals surface area contributed by atoms with Gasteiger partial charge in [-0.1, -0.05) is 11.6 Å². The zero-order valence-electron chi connectivity index (χ0n) is 15.3. The van der Waals surface area contributed by atoms with Crippen molar-refractivity contribution in [3.63, 3.8) is 0 Å². The number of amides is 1. The Hall–Kier alpha value is -2.84. The first-order chi connectivity index (χ1) is 13.4. The number of ether oxygens (including phenoxy) is 3. The van der Waals surface area contributed by atoms with Crippen molar-refractivity contribution in [3.05, 3.63) is 52.3 Å². The number of carbonyl (C=O) groups is 2. The highest BCUT2D eigenvalue weighted by Gasteiger charge is 2.17. The molecule has 0 aromatic heterocycles. The van der Waals surface area contributed by atoms with Crippen molar-refractivity contribution in [2.45, 2.75) is 6.92 Å². The Morgan fingerprint density at radius 3 is 2.57 bits per heavy atom. The fourth-order valence-corrected chi connectivity index (χ4v) is 2.62. The molecule has 9 heteroatoms. The maximum Gasteiger partial charge on any atom is 0.338 e. The van der Waals surface area contributed by atoms with Crippen LogP contribution in [-0.4, -0.2) is 43.9 Å². The molecule has 0 atom stereocenters. The van der Waals surface area contributed by atoms with E-state index in [9.17, 15) is 14.0 Å². The summed E-state index contributed by atoms with van der Waals surface area (Å²) >= 11 is 6.16. The van der Waals surface area contributed by atoms with Gasteiger partial charge in [-0.2, -0.15) is 0 Å². The van der Waals surface area contributed by atoms with Gasteiger partial charge in [0.25, 0.3) is 5.91 Å². The molecule has 0 heterocycles. The molecule has 0 aliphatic carbocycles. The van der Waals surface area contributed by atoms with E-state index in [0.29, 0.717) is 13.2 Å². The summed E-state index contributed by atoms with van der Waals surface area (Å²) in [5.74, 6) is -2.41. The number of nitrogens with one attached hydrogen (secondary N) is 1. The standard InChI is InChI=1S/C19H19ClFNO6/c1-3-27-6-7-28-16-9-11(8-14(20)17(16)26-2)18(23)22-12-4-5-13(19(24)25)15(21)10-12/h4-5,8-10H,3,6-7H2,1-2H3,(H,22,23)(H,24,25). The summed E-state index contributed by atoms with van der Waals surface area (Å²) in [6.07, 6.45) is 0. The molecule has 2 N–H and O–H groups in total. The number of methoxy groups -OCH3 is 1. The molecule has 1 amide bonds. The van der Waals surface area contributed by atoms with Crippen LogP contribution < -0.4 is 14.8 Å². The lowest BCUT2D eigenvalue weighted by Gasteiger charge is -2.14. The van der Waals surface area contributed by atoms with Crippen molar-refractivity contribution in [3.8, 4) is 11.5 Å². The largest absolute Gasteiger partial charge is 0.491 e. The zero-order chi connectivity index (χ0) is 20.7. The summed E-state index contributed by atoms with van der Waals surface area (Å²) in [5.41, 5.74) is -0.242. The van der Waals surface area contributed by atoms with Crippen molar-refractivity contribution in [1.82, 2.24) is 0 Å². The number of hydrogen-bond donors (Lipinski definition) is 2. The first kappa shape index (κ1) is 21.5. The number of benzene rings is 2. The second kappa shape index (κ2) is 9.91. The Morgan fingerprint density at radius 2 is 1.96 bits per heavy atom. The molecule has 2 aromatic rings. The Balaban J connectivity index is 2.21. The molecular formula is C19H19ClFNO6. The van der Waals surface area contributed by atoms with E-state index in [2.05, 4.69) is 5.32 Å². The molecule has 0 saturated heterocycles. The Labute approximate surface area is 166 Å². The van der Waals surface area contributed by atoms with Crippen molar-refractivity contribution < 1.29 is 33.3 Å². The van der Waals surface area contributed by atoms with Gasteiger partial charge in [-0.05, 0) is 37.3 Å². The molecule has 0 unspecified atom stereocenters. The number of carbonyl (C=O) groups excluding carboxylic acids is 1. The monoisotopic (exact) mass is 411 g/mol. The van der Waals surface area contributed by atoms with Crippen LogP contribution in [0, 0.1) is 5.82 Å². The minimum absolute atomic E-state index is 0.0956. The van der Waals surface area contributed by atoms with E-state index in [1.807, 2.05) is 6.92 Å². The molecule has 2 rings (SSSR count). The van der Waals surface area contributed by atoms with E-state index in [4.69, 9.17) is 30.9 Å². The Bertz CT molecular complexity index is 874. The van der Waals surface area contributed by atoms with Gasteiger partial charge in [-0.25, -0.2) is 9.18 Å². The minimum Gasteiger partial charge on any atom is -0.491 e. The smallest absolute Gasteiger partial charge is 0.338 e. The normalized spacial score (nSPS) is 10.4. The molecule has 0 spiro atoms. The summed E-state index contributed by atoms with van der Waals surface area (Å²) in [7, 11) is 1.42. The number of carboxylic acids is 1. The number of carboxylic acid groups (broad SMARTS) is 1. The summed E-state index contributed by atoms with van der Waals surface area (Å²) in [4.78, 5) is 23.4. The van der Waals surface area contributed by atoms with E-state index >= 15 is 0 Å². The van der Waals surface area contributed by atoms with Crippen molar-refractivity contribution >= 4 is 29.2 Å². The summed E-state index contributed by atoms with van der Waals surface area (Å²) < 4.78 is 29.8. The van der Waals surface area contributed by atoms with Crippen LogP contribution in [0.5, 0.6) is 11.5 Å². The maximum absolute atomic E-state index is 13.8. The molecule has 0 bridgehead atoms. The molecule has 7 nitrogen and oxygen atoms in total. The van der Waals surface area contributed by atoms with Gasteiger partial charge in [0.15, 0.2) is 11.5 Å². The molecule has 150 valence electrons. The van der Waals surface area contributed by atoms with Crippen molar-refractivity contribution in [2.75, 3.05) is 32.2 Å². The third-order valence-electron chi connectivity index (χ3n) is 3.62. The molecule has 0 aliphatic rings. The third-order valence-corrected chi connectivity index (χ3v) is 3.90. The lowest BCUT2D eigenvalue weighted by molar-refractivity contribution is 0.0691. The number of hydrogen-bond acceptors (Lipinski definition) is 5. The summed E-state index contributed by atoms with van der Waals surface area (Å²) in [5, 5.41) is 11.5. The number of aromatic carboxylic acids is 1. The highest BCUT2D eigenvalue weighted by atomic mass is 35.5. The number of rotatable bonds is 9. The first-order valence-electron chi connectivity index (χ1n) is 8.29. The van der Waals surface area contributed by atoms with Gasteiger partial charge < -0.3 is 24.6 Å². The van der Waals surface area contributed by atoms with Crippen LogP contribution in [0.3, 0.4) is 0 Å². The summed E-state index contributed by atoms with van der Waals surface area (Å²) in [6, 6.07) is 6.10. The summed E-state index contributed by atoms with van der Waals surface area (Å²) in [6.45, 7) is 2.98. The van der Waals surface area contributed by atoms with Crippen LogP contribution >= 0.6 is 11.6 Å². The molecule has 28 heavy (non-hydrogen) atoms. The van der Waals surface area contributed by atoms with E-state index in [1.54, 1.807) is 0 Å². The van der Waals surface area contributed by atoms with E-state index < -0.39 is 23.3 Å². The molecule has 0 radical (unpaired) electrons. The quantitative estimate of drug-likeness (QED) is 0.608. The van der Waals surface area contributed by atoms with Gasteiger partial charge in [0.05, 0.1) is 24.3 Å². The van der Waals surface area contributed by atoms with E-state index in [0.717, 1.165) is 12.1 Å². The highest BCUT2D eigenvalue weighted by Crippen LogP contribution is 2.36. The van der Waals surface area contributed by atoms with Crippen molar-refractivity contribution in [1.29, 1.82) is 0 Å². The van der Waals surface area contributed by atoms with Crippen LogP contribution in [0.4, 0.5) is 10.1 Å². The van der Waals surface area contributed by atoms with Gasteiger partial charge in [-0.15, -0.1) is 0 Å². The first-order valence-corrected chi connectivity index (χ1v) is 8.67. The second-order valence-corrected chi connectivity index (χ2v) is 5.90. The number of anilines is 1. The Kier molecular flexibility index (Phi) is 7.60. The molecule has 2 aromatic carbocycles. The zero-order valence-corrected chi connectivity index (χ0v) is 16.0. The van der Waals surface area contributed by atoms with Crippen LogP contribution in [-0.2, 0) is 4.74 Å². The fraction of sp³-hybridized carbons (Fsp3) is 0.263. The SMILES string of the molecule is CCOCCOc1cc(C(=O)Nc2ccc(C(=O)O)c(F)c2)cc(Cl)c1OC.